The molecule has 7 heteroatoms. The maximum absolute atomic E-state index is 12.6. The summed E-state index contributed by atoms with van der Waals surface area (Å²) in [7, 11) is 1.58. The van der Waals surface area contributed by atoms with Crippen molar-refractivity contribution in [3.63, 3.8) is 0 Å². The van der Waals surface area contributed by atoms with Crippen LogP contribution in [0.25, 0.3) is 10.9 Å². The van der Waals surface area contributed by atoms with E-state index in [0.717, 1.165) is 0 Å². The van der Waals surface area contributed by atoms with Gasteiger partial charge < -0.3 is 9.47 Å². The summed E-state index contributed by atoms with van der Waals surface area (Å²) in [6.45, 7) is 1.23. The smallest absolute Gasteiger partial charge is 0.319 e. The highest BCUT2D eigenvalue weighted by molar-refractivity contribution is 8.00. The molecule has 0 spiro atoms. The second-order valence-electron chi connectivity index (χ2n) is 4.92. The lowest BCUT2D eigenvalue weighted by Crippen LogP contribution is -2.26. The number of ether oxygens (including phenoxy) is 2. The van der Waals surface area contributed by atoms with E-state index in [9.17, 15) is 9.59 Å². The van der Waals surface area contributed by atoms with Crippen LogP contribution in [0.15, 0.2) is 34.2 Å². The number of thioether (sulfide) groups is 1. The van der Waals surface area contributed by atoms with Crippen molar-refractivity contribution in [2.45, 2.75) is 23.4 Å². The third-order valence-electron chi connectivity index (χ3n) is 3.48. The normalized spacial score (nSPS) is 17.9. The van der Waals surface area contributed by atoms with Gasteiger partial charge in [0.2, 0.25) is 0 Å². The third-order valence-corrected chi connectivity index (χ3v) is 4.72. The van der Waals surface area contributed by atoms with Crippen LogP contribution >= 0.6 is 11.8 Å². The predicted octanol–water partition coefficient (Wildman–Crippen LogP) is 1.45. The summed E-state index contributed by atoms with van der Waals surface area (Å²) in [6.07, 6.45) is 0.635. The Morgan fingerprint density at radius 2 is 2.23 bits per heavy atom. The zero-order valence-corrected chi connectivity index (χ0v) is 13.0. The maximum atomic E-state index is 12.6. The molecule has 0 bridgehead atoms. The summed E-state index contributed by atoms with van der Waals surface area (Å²) in [6, 6.07) is 7.21. The van der Waals surface area contributed by atoms with E-state index in [1.165, 1.54) is 11.8 Å². The zero-order chi connectivity index (χ0) is 15.5. The number of cyclic esters (lactones) is 1. The summed E-state index contributed by atoms with van der Waals surface area (Å²) in [5.74, 6) is -0.245. The Labute approximate surface area is 131 Å². The largest absolute Gasteiger partial charge is 0.465 e. The Morgan fingerprint density at radius 3 is 2.95 bits per heavy atom. The van der Waals surface area contributed by atoms with Crippen molar-refractivity contribution in [3.8, 4) is 0 Å². The molecule has 1 aliphatic rings. The fraction of sp³-hybridized carbons (Fsp3) is 0.400. The van der Waals surface area contributed by atoms with Crippen molar-refractivity contribution in [2.75, 3.05) is 20.3 Å². The van der Waals surface area contributed by atoms with Crippen LogP contribution in [0.1, 0.15) is 6.42 Å². The van der Waals surface area contributed by atoms with Crippen molar-refractivity contribution < 1.29 is 14.3 Å². The molecule has 0 unspecified atom stereocenters. The number of rotatable bonds is 5. The van der Waals surface area contributed by atoms with Crippen molar-refractivity contribution >= 4 is 28.6 Å². The molecule has 1 aromatic carbocycles. The van der Waals surface area contributed by atoms with E-state index in [2.05, 4.69) is 4.98 Å². The van der Waals surface area contributed by atoms with Crippen molar-refractivity contribution in [1.82, 2.24) is 9.55 Å². The minimum absolute atomic E-state index is 0.114. The first-order valence-corrected chi connectivity index (χ1v) is 7.90. The molecule has 1 saturated heterocycles. The van der Waals surface area contributed by atoms with Crippen LogP contribution in [0.3, 0.4) is 0 Å². The molecule has 0 radical (unpaired) electrons. The average molecular weight is 320 g/mol. The number of benzene rings is 1. The van der Waals surface area contributed by atoms with Crippen LogP contribution in [0, 0.1) is 0 Å². The van der Waals surface area contributed by atoms with Crippen LogP contribution in [-0.2, 0) is 20.8 Å². The maximum Gasteiger partial charge on any atom is 0.319 e. The molecule has 0 amide bonds. The highest BCUT2D eigenvalue weighted by Crippen LogP contribution is 2.28. The van der Waals surface area contributed by atoms with E-state index in [0.29, 0.717) is 42.2 Å². The summed E-state index contributed by atoms with van der Waals surface area (Å²) < 4.78 is 11.6. The van der Waals surface area contributed by atoms with Gasteiger partial charge in [0.1, 0.15) is 5.25 Å². The van der Waals surface area contributed by atoms with Gasteiger partial charge in [0.25, 0.3) is 5.56 Å². The molecule has 0 N–H and O–H groups in total. The lowest BCUT2D eigenvalue weighted by molar-refractivity contribution is -0.137. The van der Waals surface area contributed by atoms with Gasteiger partial charge in [-0.1, -0.05) is 23.9 Å². The predicted molar refractivity (Wildman–Crippen MR) is 83.1 cm³/mol. The number of methoxy groups -OCH3 is 1. The quantitative estimate of drug-likeness (QED) is 0.613. The van der Waals surface area contributed by atoms with Gasteiger partial charge in [-0.05, 0) is 12.1 Å². The molecule has 2 aromatic rings. The Kier molecular flexibility index (Phi) is 4.44. The number of carbonyl (C=O) groups excluding carboxylic acids is 1. The molecule has 116 valence electrons. The Balaban J connectivity index is 2.05. The second-order valence-corrected chi connectivity index (χ2v) is 6.09. The lowest BCUT2D eigenvalue weighted by atomic mass is 10.2. The number of para-hydroxylation sites is 1. The monoisotopic (exact) mass is 320 g/mol. The van der Waals surface area contributed by atoms with Gasteiger partial charge in [0, 0.05) is 13.5 Å². The van der Waals surface area contributed by atoms with E-state index in [1.54, 1.807) is 23.8 Å². The molecular weight excluding hydrogens is 304 g/mol. The van der Waals surface area contributed by atoms with Crippen molar-refractivity contribution in [1.29, 1.82) is 0 Å². The van der Waals surface area contributed by atoms with Gasteiger partial charge in [-0.25, -0.2) is 4.98 Å². The number of nitrogens with zero attached hydrogens (tertiary/aromatic N) is 2. The van der Waals surface area contributed by atoms with E-state index >= 15 is 0 Å². The first-order valence-electron chi connectivity index (χ1n) is 7.02. The standard InChI is InChI=1S/C15H16N2O4S/c1-20-9-7-17-13(18)10-4-2-3-5-11(10)16-15(17)22-12-6-8-21-14(12)19/h2-5,12H,6-9H2,1H3/t12-/m1/s1. The Bertz CT molecular complexity index is 759. The summed E-state index contributed by atoms with van der Waals surface area (Å²) >= 11 is 1.29. The minimum Gasteiger partial charge on any atom is -0.465 e. The molecular formula is C15H16N2O4S. The van der Waals surface area contributed by atoms with E-state index in [-0.39, 0.29) is 16.8 Å². The number of hydrogen-bond donors (Lipinski definition) is 0. The van der Waals surface area contributed by atoms with Gasteiger partial charge in [-0.15, -0.1) is 0 Å². The van der Waals surface area contributed by atoms with Crippen molar-refractivity contribution in [2.24, 2.45) is 0 Å². The summed E-state index contributed by atoms with van der Waals surface area (Å²) in [5, 5.41) is 0.795. The minimum atomic E-state index is -0.304. The topological polar surface area (TPSA) is 70.4 Å². The molecule has 0 saturated carbocycles. The number of carbonyl (C=O) groups is 1. The van der Waals surface area contributed by atoms with Gasteiger partial charge in [-0.3, -0.25) is 14.2 Å². The SMILES string of the molecule is COCCn1c(S[C@@H]2CCOC2=O)nc2ccccc2c1=O. The summed E-state index contributed by atoms with van der Waals surface area (Å²) in [4.78, 5) is 28.9. The van der Waals surface area contributed by atoms with Crippen LogP contribution in [0.5, 0.6) is 0 Å². The fourth-order valence-electron chi connectivity index (χ4n) is 2.33. The van der Waals surface area contributed by atoms with Crippen LogP contribution < -0.4 is 5.56 Å². The van der Waals surface area contributed by atoms with E-state index in [4.69, 9.17) is 9.47 Å². The van der Waals surface area contributed by atoms with Crippen molar-refractivity contribution in [3.05, 3.63) is 34.6 Å². The first-order chi connectivity index (χ1) is 10.7. The zero-order valence-electron chi connectivity index (χ0n) is 12.2. The molecule has 1 aromatic heterocycles. The third kappa shape index (κ3) is 2.86. The Morgan fingerprint density at radius 1 is 1.41 bits per heavy atom. The van der Waals surface area contributed by atoms with Crippen LogP contribution in [0.4, 0.5) is 0 Å². The molecule has 1 atom stereocenters. The Hall–Kier alpha value is -1.86. The number of fused-ring (bicyclic) bond motifs is 1. The molecule has 0 aliphatic carbocycles. The molecule has 22 heavy (non-hydrogen) atoms. The number of hydrogen-bond acceptors (Lipinski definition) is 6. The van der Waals surface area contributed by atoms with Gasteiger partial charge in [0.05, 0.1) is 30.7 Å². The van der Waals surface area contributed by atoms with Crippen LogP contribution in [-0.4, -0.2) is 41.1 Å². The summed E-state index contributed by atoms with van der Waals surface area (Å²) in [5.41, 5.74) is 0.520. The molecule has 6 nitrogen and oxygen atoms in total. The molecule has 1 aliphatic heterocycles. The number of aromatic nitrogens is 2. The van der Waals surface area contributed by atoms with Gasteiger partial charge in [-0.2, -0.15) is 0 Å². The fourth-order valence-corrected chi connectivity index (χ4v) is 3.41. The first kappa shape index (κ1) is 15.1. The lowest BCUT2D eigenvalue weighted by Gasteiger charge is -2.14. The number of esters is 1. The van der Waals surface area contributed by atoms with E-state index < -0.39 is 0 Å². The van der Waals surface area contributed by atoms with Gasteiger partial charge >= 0.3 is 5.97 Å². The second kappa shape index (κ2) is 6.50. The van der Waals surface area contributed by atoms with E-state index in [1.807, 2.05) is 12.1 Å². The highest BCUT2D eigenvalue weighted by Gasteiger charge is 2.29. The van der Waals surface area contributed by atoms with Crippen LogP contribution in [0.2, 0.25) is 0 Å². The molecule has 3 rings (SSSR count). The molecule has 1 fully saturated rings. The molecule has 2 heterocycles. The highest BCUT2D eigenvalue weighted by atomic mass is 32.2. The average Bonchev–Trinajstić information content (AvgIpc) is 2.92. The van der Waals surface area contributed by atoms with Gasteiger partial charge in [0.15, 0.2) is 5.16 Å².